The van der Waals surface area contributed by atoms with E-state index in [2.05, 4.69) is 20.4 Å². The Morgan fingerprint density at radius 1 is 1.37 bits per heavy atom. The highest BCUT2D eigenvalue weighted by atomic mass is 19.3. The molecule has 27 heavy (non-hydrogen) atoms. The van der Waals surface area contributed by atoms with Crippen LogP contribution in [-0.4, -0.2) is 45.7 Å². The van der Waals surface area contributed by atoms with Crippen LogP contribution in [0, 0.1) is 6.92 Å². The third-order valence-corrected chi connectivity index (χ3v) is 3.95. The minimum Gasteiger partial charge on any atom is -0.471 e. The molecule has 0 atom stereocenters. The second-order valence-corrected chi connectivity index (χ2v) is 6.03. The summed E-state index contributed by atoms with van der Waals surface area (Å²) >= 11 is 0. The zero-order chi connectivity index (χ0) is 19.4. The van der Waals surface area contributed by atoms with Crippen molar-refractivity contribution >= 4 is 16.8 Å². The lowest BCUT2D eigenvalue weighted by molar-refractivity contribution is -0.119. The van der Waals surface area contributed by atoms with Crippen molar-refractivity contribution in [3.05, 3.63) is 47.5 Å². The lowest BCUT2D eigenvalue weighted by Gasteiger charge is -2.09. The Morgan fingerprint density at radius 2 is 2.19 bits per heavy atom. The van der Waals surface area contributed by atoms with Gasteiger partial charge in [-0.1, -0.05) is 0 Å². The molecule has 3 aromatic rings. The Bertz CT molecular complexity index is 958. The maximum atomic E-state index is 12.3. The third-order valence-electron chi connectivity index (χ3n) is 3.95. The number of carbonyl (C=O) groups excluding carboxylic acids is 1. The third kappa shape index (κ3) is 4.55. The number of aromatic nitrogens is 4. The molecule has 0 aliphatic rings. The van der Waals surface area contributed by atoms with E-state index in [4.69, 9.17) is 4.74 Å². The number of fused-ring (bicyclic) bond motifs is 1. The quantitative estimate of drug-likeness (QED) is 0.684. The molecule has 3 rings (SSSR count). The van der Waals surface area contributed by atoms with Crippen LogP contribution in [0.4, 0.5) is 8.78 Å². The minimum atomic E-state index is -2.54. The first-order valence-electron chi connectivity index (χ1n) is 8.34. The van der Waals surface area contributed by atoms with Crippen LogP contribution in [0.5, 0.6) is 5.88 Å². The van der Waals surface area contributed by atoms with Gasteiger partial charge in [0, 0.05) is 36.6 Å². The van der Waals surface area contributed by atoms with Crippen molar-refractivity contribution in [2.24, 2.45) is 0 Å². The van der Waals surface area contributed by atoms with Crippen molar-refractivity contribution in [1.82, 2.24) is 25.1 Å². The largest absolute Gasteiger partial charge is 0.471 e. The molecule has 142 valence electrons. The molecule has 0 saturated carbocycles. The van der Waals surface area contributed by atoms with Crippen LogP contribution < -0.4 is 10.1 Å². The monoisotopic (exact) mass is 375 g/mol. The van der Waals surface area contributed by atoms with E-state index >= 15 is 0 Å². The molecule has 0 bridgehead atoms. The van der Waals surface area contributed by atoms with Gasteiger partial charge in [-0.3, -0.25) is 14.5 Å². The molecule has 0 saturated heterocycles. The molecule has 0 aromatic carbocycles. The molecule has 7 nitrogen and oxygen atoms in total. The average molecular weight is 375 g/mol. The van der Waals surface area contributed by atoms with Crippen molar-refractivity contribution < 1.29 is 18.3 Å². The van der Waals surface area contributed by atoms with E-state index in [1.54, 1.807) is 37.1 Å². The fourth-order valence-electron chi connectivity index (χ4n) is 2.70. The maximum absolute atomic E-state index is 12.3. The summed E-state index contributed by atoms with van der Waals surface area (Å²) in [6.07, 6.45) is 2.66. The molecule has 1 amide bonds. The predicted octanol–water partition coefficient (Wildman–Crippen LogP) is 2.12. The van der Waals surface area contributed by atoms with E-state index in [1.165, 1.54) is 0 Å². The first-order chi connectivity index (χ1) is 13.0. The number of pyridine rings is 2. The Labute approximate surface area is 154 Å². The molecule has 9 heteroatoms. The van der Waals surface area contributed by atoms with Crippen LogP contribution in [-0.2, 0) is 17.8 Å². The smallest absolute Gasteiger partial charge is 0.272 e. The first kappa shape index (κ1) is 18.7. The van der Waals surface area contributed by atoms with Gasteiger partial charge in [-0.05, 0) is 24.6 Å². The summed E-state index contributed by atoms with van der Waals surface area (Å²) in [6.45, 7) is 1.51. The molecular weight excluding hydrogens is 356 g/mol. The van der Waals surface area contributed by atoms with Gasteiger partial charge in [0.2, 0.25) is 11.8 Å². The summed E-state index contributed by atoms with van der Waals surface area (Å²) in [5, 5.41) is 7.89. The number of amides is 1. The Hall–Kier alpha value is -3.10. The Kier molecular flexibility index (Phi) is 5.58. The summed E-state index contributed by atoms with van der Waals surface area (Å²) in [6, 6.07) is 3.60. The first-order valence-corrected chi connectivity index (χ1v) is 8.34. The van der Waals surface area contributed by atoms with Crippen molar-refractivity contribution in [3.63, 3.8) is 0 Å². The molecule has 1 N–H and O–H groups in total. The lowest BCUT2D eigenvalue weighted by Crippen LogP contribution is -2.20. The van der Waals surface area contributed by atoms with E-state index in [9.17, 15) is 13.6 Å². The van der Waals surface area contributed by atoms with Gasteiger partial charge >= 0.3 is 0 Å². The number of alkyl halides is 2. The fraction of sp³-hybridized carbons (Fsp3) is 0.333. The van der Waals surface area contributed by atoms with E-state index in [1.807, 2.05) is 12.3 Å². The molecule has 0 spiro atoms. The molecule has 0 radical (unpaired) electrons. The lowest BCUT2D eigenvalue weighted by atomic mass is 10.2. The van der Waals surface area contributed by atoms with E-state index in [0.29, 0.717) is 17.8 Å². The van der Waals surface area contributed by atoms with E-state index in [0.717, 1.165) is 16.5 Å². The second-order valence-electron chi connectivity index (χ2n) is 6.03. The number of carbonyl (C=O) groups is 1. The van der Waals surface area contributed by atoms with Gasteiger partial charge in [-0.25, -0.2) is 13.8 Å². The summed E-state index contributed by atoms with van der Waals surface area (Å²) in [7, 11) is 1.58. The van der Waals surface area contributed by atoms with Crippen LogP contribution in [0.2, 0.25) is 0 Å². The van der Waals surface area contributed by atoms with Crippen LogP contribution >= 0.6 is 0 Å². The van der Waals surface area contributed by atoms with Gasteiger partial charge in [0.25, 0.3) is 6.43 Å². The number of nitrogens with one attached hydrogen (secondary N) is 1. The average Bonchev–Trinajstić information content (AvgIpc) is 3.04. The van der Waals surface area contributed by atoms with Crippen molar-refractivity contribution in [1.29, 1.82) is 0 Å². The molecule has 0 aliphatic heterocycles. The van der Waals surface area contributed by atoms with E-state index in [-0.39, 0.29) is 18.2 Å². The summed E-state index contributed by atoms with van der Waals surface area (Å²) in [5.41, 5.74) is 2.92. The standard InChI is InChI=1S/C18H19F2N5O2/c1-11-5-12(7-23-18(11)27-10-16(19)20)8-25-9-13-14(24-25)3-4-22-15(13)6-17(26)21-2/h3-5,7,9,16H,6,8,10H2,1-2H3,(H,21,26). The highest BCUT2D eigenvalue weighted by molar-refractivity contribution is 5.86. The summed E-state index contributed by atoms with van der Waals surface area (Å²) in [5.74, 6) is 0.0729. The Balaban J connectivity index is 1.79. The minimum absolute atomic E-state index is 0.123. The normalized spacial score (nSPS) is 11.1. The van der Waals surface area contributed by atoms with Crippen molar-refractivity contribution in [2.45, 2.75) is 26.3 Å². The number of hydrogen-bond acceptors (Lipinski definition) is 5. The predicted molar refractivity (Wildman–Crippen MR) is 94.9 cm³/mol. The summed E-state index contributed by atoms with van der Waals surface area (Å²) < 4.78 is 31.2. The molecule has 3 aromatic heterocycles. The van der Waals surface area contributed by atoms with Gasteiger partial charge in [-0.15, -0.1) is 0 Å². The number of halogens is 2. The number of hydrogen-bond donors (Lipinski definition) is 1. The molecule has 0 fully saturated rings. The van der Waals surface area contributed by atoms with Gasteiger partial charge in [0.1, 0.15) is 0 Å². The fourth-order valence-corrected chi connectivity index (χ4v) is 2.70. The van der Waals surface area contributed by atoms with Crippen molar-refractivity contribution in [2.75, 3.05) is 13.7 Å². The summed E-state index contributed by atoms with van der Waals surface area (Å²) in [4.78, 5) is 20.0. The maximum Gasteiger partial charge on any atom is 0.272 e. The highest BCUT2D eigenvalue weighted by Crippen LogP contribution is 2.19. The number of aryl methyl sites for hydroxylation is 1. The Morgan fingerprint density at radius 3 is 2.89 bits per heavy atom. The van der Waals surface area contributed by atoms with E-state index < -0.39 is 13.0 Å². The van der Waals surface area contributed by atoms with Gasteiger partial charge in [-0.2, -0.15) is 5.10 Å². The van der Waals surface area contributed by atoms with Crippen LogP contribution in [0.15, 0.2) is 30.7 Å². The molecule has 0 aliphatic carbocycles. The highest BCUT2D eigenvalue weighted by Gasteiger charge is 2.12. The number of likely N-dealkylation sites (N-methyl/N-ethyl adjacent to an activating group) is 1. The van der Waals surface area contributed by atoms with Gasteiger partial charge in [0.05, 0.1) is 24.2 Å². The van der Waals surface area contributed by atoms with Crippen LogP contribution in [0.1, 0.15) is 16.8 Å². The van der Waals surface area contributed by atoms with Crippen LogP contribution in [0.25, 0.3) is 10.9 Å². The second kappa shape index (κ2) is 8.07. The van der Waals surface area contributed by atoms with Crippen LogP contribution in [0.3, 0.4) is 0 Å². The molecule has 3 heterocycles. The molecule has 0 unspecified atom stereocenters. The zero-order valence-electron chi connectivity index (χ0n) is 14.9. The number of ether oxygens (including phenoxy) is 1. The molecular formula is C18H19F2N5O2. The van der Waals surface area contributed by atoms with Crippen molar-refractivity contribution in [3.8, 4) is 5.88 Å². The SMILES string of the molecule is CNC(=O)Cc1nccc2nn(Cc3cnc(OCC(F)F)c(C)c3)cc12. The number of nitrogens with zero attached hydrogens (tertiary/aromatic N) is 4. The van der Waals surface area contributed by atoms with Gasteiger partial charge in [0.15, 0.2) is 6.61 Å². The zero-order valence-corrected chi connectivity index (χ0v) is 14.9. The van der Waals surface area contributed by atoms with Gasteiger partial charge < -0.3 is 10.1 Å². The number of rotatable bonds is 7. The topological polar surface area (TPSA) is 81.9 Å².